The van der Waals surface area contributed by atoms with E-state index in [1.54, 1.807) is 40.9 Å². The molecular formula is C25H26ClN3O4S. The molecule has 3 N–H and O–H groups in total. The first-order chi connectivity index (χ1) is 16.4. The fourth-order valence-electron chi connectivity index (χ4n) is 5.73. The number of para-hydroxylation sites is 1. The van der Waals surface area contributed by atoms with Crippen molar-refractivity contribution in [3.8, 4) is 0 Å². The lowest BCUT2D eigenvalue weighted by molar-refractivity contribution is -0.138. The number of carbonyl (C=O) groups is 3. The number of benzene rings is 2. The van der Waals surface area contributed by atoms with Crippen LogP contribution in [0, 0.1) is 11.8 Å². The summed E-state index contributed by atoms with van der Waals surface area (Å²) in [6.07, 6.45) is 1.84. The number of nitrogens with zero attached hydrogens (tertiary/aromatic N) is 1. The van der Waals surface area contributed by atoms with Gasteiger partial charge in [-0.1, -0.05) is 29.8 Å². The third-order valence-electron chi connectivity index (χ3n) is 7.06. The number of likely N-dealkylation sites (tertiary alicyclic amines) is 1. The SMILES string of the molecule is O=C(Nc1ccc(Cl)cc1)C1N(CCCO)C(=O)[C@@H]2[C@H](C(=O)Nc3ccccc3)[C@@H]3CCC12S3. The van der Waals surface area contributed by atoms with E-state index in [1.807, 2.05) is 30.3 Å². The Morgan fingerprint density at radius 1 is 1.06 bits per heavy atom. The molecule has 34 heavy (non-hydrogen) atoms. The van der Waals surface area contributed by atoms with Gasteiger partial charge in [0.05, 0.1) is 16.6 Å². The summed E-state index contributed by atoms with van der Waals surface area (Å²) in [6.45, 7) is 0.186. The lowest BCUT2D eigenvalue weighted by atomic mass is 9.70. The Balaban J connectivity index is 1.45. The zero-order valence-corrected chi connectivity index (χ0v) is 20.0. The number of fused-ring (bicyclic) bond motifs is 1. The van der Waals surface area contributed by atoms with E-state index in [-0.39, 0.29) is 36.1 Å². The highest BCUT2D eigenvalue weighted by Crippen LogP contribution is 2.66. The Labute approximate surface area is 207 Å². The van der Waals surface area contributed by atoms with Crippen molar-refractivity contribution in [2.75, 3.05) is 23.8 Å². The number of hydrogen-bond donors (Lipinski definition) is 3. The molecule has 3 heterocycles. The van der Waals surface area contributed by atoms with Crippen molar-refractivity contribution in [1.82, 2.24) is 4.90 Å². The molecule has 1 spiro atoms. The number of nitrogens with one attached hydrogen (secondary N) is 2. The fourth-order valence-corrected chi connectivity index (χ4v) is 8.07. The van der Waals surface area contributed by atoms with Crippen LogP contribution in [0.5, 0.6) is 0 Å². The summed E-state index contributed by atoms with van der Waals surface area (Å²) < 4.78 is -0.660. The molecule has 0 saturated carbocycles. The molecule has 3 aliphatic rings. The Bertz CT molecular complexity index is 1100. The summed E-state index contributed by atoms with van der Waals surface area (Å²) in [5.74, 6) is -1.69. The van der Waals surface area contributed by atoms with Crippen molar-refractivity contribution in [3.05, 3.63) is 59.6 Å². The number of halogens is 1. The van der Waals surface area contributed by atoms with Gasteiger partial charge in [0.1, 0.15) is 6.04 Å². The van der Waals surface area contributed by atoms with Gasteiger partial charge >= 0.3 is 0 Å². The molecule has 3 amide bonds. The molecule has 0 aliphatic carbocycles. The maximum Gasteiger partial charge on any atom is 0.248 e. The lowest BCUT2D eigenvalue weighted by Gasteiger charge is -2.34. The third kappa shape index (κ3) is 3.87. The maximum atomic E-state index is 13.7. The van der Waals surface area contributed by atoms with Crippen molar-refractivity contribution in [2.45, 2.75) is 35.3 Å². The smallest absolute Gasteiger partial charge is 0.248 e. The number of anilines is 2. The lowest BCUT2D eigenvalue weighted by Crippen LogP contribution is -2.51. The van der Waals surface area contributed by atoms with E-state index in [0.717, 1.165) is 6.42 Å². The zero-order chi connectivity index (χ0) is 23.9. The average Bonchev–Trinajstić information content (AvgIpc) is 3.47. The molecule has 2 aromatic carbocycles. The van der Waals surface area contributed by atoms with Crippen molar-refractivity contribution < 1.29 is 19.5 Å². The highest BCUT2D eigenvalue weighted by molar-refractivity contribution is 8.02. The van der Waals surface area contributed by atoms with Crippen LogP contribution >= 0.6 is 23.4 Å². The Hall–Kier alpha value is -2.55. The van der Waals surface area contributed by atoms with Crippen molar-refractivity contribution in [3.63, 3.8) is 0 Å². The van der Waals surface area contributed by atoms with Gasteiger partial charge in [0, 0.05) is 34.8 Å². The highest BCUT2D eigenvalue weighted by atomic mass is 35.5. The van der Waals surface area contributed by atoms with E-state index in [9.17, 15) is 19.5 Å². The number of thioether (sulfide) groups is 1. The first-order valence-electron chi connectivity index (χ1n) is 11.5. The van der Waals surface area contributed by atoms with E-state index >= 15 is 0 Å². The molecule has 2 aromatic rings. The largest absolute Gasteiger partial charge is 0.396 e. The number of hydrogen-bond acceptors (Lipinski definition) is 5. The molecule has 2 bridgehead atoms. The topological polar surface area (TPSA) is 98.7 Å². The standard InChI is InChI=1S/C25H26ClN3O4S/c26-15-7-9-17(10-8-15)28-23(32)21-25-12-11-18(34-25)19(20(25)24(33)29(21)13-4-14-30)22(31)27-16-5-2-1-3-6-16/h1-3,5-10,18-21,30H,4,11-14H2,(H,27,31)(H,28,32)/t18-,19+,20-,21?,25?/m0/s1. The van der Waals surface area contributed by atoms with Crippen LogP contribution in [0.25, 0.3) is 0 Å². The van der Waals surface area contributed by atoms with Gasteiger partial charge in [-0.05, 0) is 55.7 Å². The van der Waals surface area contributed by atoms with E-state index in [4.69, 9.17) is 11.6 Å². The second-order valence-corrected chi connectivity index (χ2v) is 11.1. The molecule has 7 nitrogen and oxygen atoms in total. The predicted molar refractivity (Wildman–Crippen MR) is 133 cm³/mol. The van der Waals surface area contributed by atoms with Crippen LogP contribution in [0.2, 0.25) is 5.02 Å². The van der Waals surface area contributed by atoms with E-state index < -0.39 is 22.6 Å². The number of amides is 3. The van der Waals surface area contributed by atoms with Gasteiger partial charge in [0.25, 0.3) is 0 Å². The molecule has 9 heteroatoms. The molecule has 178 valence electrons. The van der Waals surface area contributed by atoms with Gasteiger partial charge in [-0.2, -0.15) is 0 Å². The fraction of sp³-hybridized carbons (Fsp3) is 0.400. The van der Waals surface area contributed by atoms with Crippen LogP contribution in [0.3, 0.4) is 0 Å². The summed E-state index contributed by atoms with van der Waals surface area (Å²) in [5, 5.41) is 15.9. The molecule has 3 aliphatic heterocycles. The van der Waals surface area contributed by atoms with Crippen molar-refractivity contribution >= 4 is 52.5 Å². The van der Waals surface area contributed by atoms with Crippen LogP contribution in [0.15, 0.2) is 54.6 Å². The zero-order valence-electron chi connectivity index (χ0n) is 18.4. The monoisotopic (exact) mass is 499 g/mol. The normalized spacial score (nSPS) is 29.2. The first-order valence-corrected chi connectivity index (χ1v) is 12.7. The maximum absolute atomic E-state index is 13.7. The van der Waals surface area contributed by atoms with Crippen LogP contribution in [-0.4, -0.2) is 56.9 Å². The van der Waals surface area contributed by atoms with Gasteiger partial charge in [0.15, 0.2) is 0 Å². The number of aliphatic hydroxyl groups is 1. The molecule has 3 fully saturated rings. The van der Waals surface area contributed by atoms with Gasteiger partial charge in [0.2, 0.25) is 17.7 Å². The number of carbonyl (C=O) groups excluding carboxylic acids is 3. The van der Waals surface area contributed by atoms with Gasteiger partial charge in [-0.15, -0.1) is 11.8 Å². The minimum absolute atomic E-state index is 0.0107. The molecule has 3 saturated heterocycles. The molecule has 5 rings (SSSR count). The Morgan fingerprint density at radius 3 is 2.44 bits per heavy atom. The molecule has 2 unspecified atom stereocenters. The third-order valence-corrected chi connectivity index (χ3v) is 9.27. The second-order valence-electron chi connectivity index (χ2n) is 9.02. The summed E-state index contributed by atoms with van der Waals surface area (Å²) in [7, 11) is 0. The van der Waals surface area contributed by atoms with E-state index in [2.05, 4.69) is 10.6 Å². The summed E-state index contributed by atoms with van der Waals surface area (Å²) in [5.41, 5.74) is 1.29. The second kappa shape index (κ2) is 9.24. The average molecular weight is 500 g/mol. The van der Waals surface area contributed by atoms with Crippen molar-refractivity contribution in [1.29, 1.82) is 0 Å². The van der Waals surface area contributed by atoms with Crippen LogP contribution < -0.4 is 10.6 Å². The summed E-state index contributed by atoms with van der Waals surface area (Å²) in [6, 6.07) is 15.3. The van der Waals surface area contributed by atoms with Gasteiger partial charge in [-0.3, -0.25) is 14.4 Å². The molecule has 5 atom stereocenters. The highest BCUT2D eigenvalue weighted by Gasteiger charge is 2.73. The van der Waals surface area contributed by atoms with E-state index in [0.29, 0.717) is 29.2 Å². The molecular weight excluding hydrogens is 474 g/mol. The summed E-state index contributed by atoms with van der Waals surface area (Å²) in [4.78, 5) is 42.3. The van der Waals surface area contributed by atoms with E-state index in [1.165, 1.54) is 0 Å². The van der Waals surface area contributed by atoms with Gasteiger partial charge in [-0.25, -0.2) is 0 Å². The Kier molecular flexibility index (Phi) is 6.31. The van der Waals surface area contributed by atoms with Crippen LogP contribution in [0.1, 0.15) is 19.3 Å². The van der Waals surface area contributed by atoms with Gasteiger partial charge < -0.3 is 20.6 Å². The minimum atomic E-state index is -0.711. The predicted octanol–water partition coefficient (Wildman–Crippen LogP) is 3.39. The summed E-state index contributed by atoms with van der Waals surface area (Å²) >= 11 is 7.59. The van der Waals surface area contributed by atoms with Crippen molar-refractivity contribution in [2.24, 2.45) is 11.8 Å². The van der Waals surface area contributed by atoms with Crippen LogP contribution in [-0.2, 0) is 14.4 Å². The number of rotatable bonds is 7. The minimum Gasteiger partial charge on any atom is -0.396 e. The number of aliphatic hydroxyl groups excluding tert-OH is 1. The Morgan fingerprint density at radius 2 is 1.74 bits per heavy atom. The first kappa shape index (κ1) is 23.2. The quantitative estimate of drug-likeness (QED) is 0.542. The van der Waals surface area contributed by atoms with Crippen LogP contribution in [0.4, 0.5) is 11.4 Å². The molecule has 0 aromatic heterocycles. The molecule has 0 radical (unpaired) electrons.